The highest BCUT2D eigenvalue weighted by atomic mass is 35.5. The molecule has 2 heterocycles. The second-order valence-corrected chi connectivity index (χ2v) is 9.77. The lowest BCUT2D eigenvalue weighted by Gasteiger charge is -2.37. The average Bonchev–Trinajstić information content (AvgIpc) is 2.94. The van der Waals surface area contributed by atoms with E-state index in [-0.39, 0.29) is 22.4 Å². The Kier molecular flexibility index (Phi) is 5.95. The van der Waals surface area contributed by atoms with Crippen LogP contribution in [-0.4, -0.2) is 62.6 Å². The van der Waals surface area contributed by atoms with E-state index in [1.165, 1.54) is 23.9 Å². The Morgan fingerprint density at radius 3 is 2.78 bits per heavy atom. The Morgan fingerprint density at radius 1 is 1.37 bits per heavy atom. The van der Waals surface area contributed by atoms with Crippen molar-refractivity contribution in [1.29, 1.82) is 0 Å². The lowest BCUT2D eigenvalue weighted by atomic mass is 10.1. The molecule has 27 heavy (non-hydrogen) atoms. The van der Waals surface area contributed by atoms with Crippen molar-refractivity contribution in [2.75, 3.05) is 32.8 Å². The smallest absolute Gasteiger partial charge is 0.248 e. The number of hydrazone groups is 1. The topological polar surface area (TPSA) is 105 Å². The van der Waals surface area contributed by atoms with Gasteiger partial charge in [-0.3, -0.25) is 9.80 Å². The fraction of sp³-hybridized carbons (Fsp3) is 0.467. The number of amides is 1. The number of hydrogen-bond acceptors (Lipinski definition) is 7. The van der Waals surface area contributed by atoms with E-state index in [1.807, 2.05) is 6.92 Å². The van der Waals surface area contributed by atoms with Crippen LogP contribution in [0.2, 0.25) is 10.0 Å². The number of rotatable bonds is 5. The van der Waals surface area contributed by atoms with Crippen LogP contribution in [0.1, 0.15) is 12.5 Å². The van der Waals surface area contributed by atoms with E-state index in [0.29, 0.717) is 36.8 Å². The highest BCUT2D eigenvalue weighted by Crippen LogP contribution is 2.47. The first kappa shape index (κ1) is 20.7. The second kappa shape index (κ2) is 7.76. The Balaban J connectivity index is 1.92. The number of nitrogens with two attached hydrogens (primary N) is 1. The molecule has 0 spiro atoms. The summed E-state index contributed by atoms with van der Waals surface area (Å²) in [5, 5.41) is 11.7. The molecule has 1 amide bonds. The third kappa shape index (κ3) is 4.20. The SMILES string of the molecule is CC1(c2cc(Cl)cc(Cl)c2S(N)(=O)=O)SC=NN1CCN1CCOCC1=O. The molecule has 2 N–H and O–H groups in total. The number of carbonyl (C=O) groups excluding carboxylic acids is 1. The van der Waals surface area contributed by atoms with E-state index in [0.717, 1.165) is 0 Å². The van der Waals surface area contributed by atoms with Gasteiger partial charge in [0.15, 0.2) is 0 Å². The molecular formula is C15H18Cl2N4O4S2. The third-order valence-corrected chi connectivity index (χ3v) is 7.15. The fourth-order valence-corrected chi connectivity index (χ4v) is 5.71. The van der Waals surface area contributed by atoms with Gasteiger partial charge in [0.25, 0.3) is 0 Å². The Hall–Kier alpha value is -1.04. The maximum atomic E-state index is 12.2. The van der Waals surface area contributed by atoms with Gasteiger partial charge in [-0.15, -0.1) is 0 Å². The minimum absolute atomic E-state index is 0.0444. The normalized spacial score (nSPS) is 23.3. The predicted molar refractivity (Wildman–Crippen MR) is 105 cm³/mol. The van der Waals surface area contributed by atoms with Crippen molar-refractivity contribution >= 4 is 56.4 Å². The first-order valence-electron chi connectivity index (χ1n) is 7.98. The fourth-order valence-electron chi connectivity index (χ4n) is 3.02. The van der Waals surface area contributed by atoms with E-state index in [4.69, 9.17) is 33.1 Å². The van der Waals surface area contributed by atoms with Crippen LogP contribution in [0, 0.1) is 0 Å². The van der Waals surface area contributed by atoms with Gasteiger partial charge in [-0.1, -0.05) is 35.0 Å². The van der Waals surface area contributed by atoms with Crippen LogP contribution >= 0.6 is 35.0 Å². The van der Waals surface area contributed by atoms with Crippen molar-refractivity contribution in [2.45, 2.75) is 16.7 Å². The van der Waals surface area contributed by atoms with Gasteiger partial charge in [0, 0.05) is 23.7 Å². The zero-order valence-electron chi connectivity index (χ0n) is 14.4. The molecule has 3 rings (SSSR count). The number of halogens is 2. The summed E-state index contributed by atoms with van der Waals surface area (Å²) >= 11 is 13.6. The van der Waals surface area contributed by atoms with E-state index in [2.05, 4.69) is 5.10 Å². The quantitative estimate of drug-likeness (QED) is 0.727. The maximum Gasteiger partial charge on any atom is 0.248 e. The molecular weight excluding hydrogens is 435 g/mol. The summed E-state index contributed by atoms with van der Waals surface area (Å²) in [5.41, 5.74) is 1.96. The van der Waals surface area contributed by atoms with Crippen molar-refractivity contribution in [1.82, 2.24) is 9.91 Å². The summed E-state index contributed by atoms with van der Waals surface area (Å²) in [5.74, 6) is -0.0881. The molecule has 0 saturated carbocycles. The van der Waals surface area contributed by atoms with Crippen LogP contribution in [0.5, 0.6) is 0 Å². The molecule has 0 aliphatic carbocycles. The number of ether oxygens (including phenoxy) is 1. The first-order valence-corrected chi connectivity index (χ1v) is 11.2. The zero-order chi connectivity index (χ0) is 19.8. The number of primary sulfonamides is 1. The summed E-state index contributed by atoms with van der Waals surface area (Å²) in [6.07, 6.45) is 0. The summed E-state index contributed by atoms with van der Waals surface area (Å²) in [4.78, 5) is 12.5. The maximum absolute atomic E-state index is 12.2. The monoisotopic (exact) mass is 452 g/mol. The largest absolute Gasteiger partial charge is 0.370 e. The highest BCUT2D eigenvalue weighted by Gasteiger charge is 2.42. The molecule has 1 saturated heterocycles. The molecule has 1 aromatic carbocycles. The van der Waals surface area contributed by atoms with E-state index in [1.54, 1.807) is 15.5 Å². The van der Waals surface area contributed by atoms with E-state index < -0.39 is 14.9 Å². The van der Waals surface area contributed by atoms with Gasteiger partial charge in [0.2, 0.25) is 15.9 Å². The van der Waals surface area contributed by atoms with E-state index in [9.17, 15) is 13.2 Å². The van der Waals surface area contributed by atoms with Crippen LogP contribution in [-0.2, 0) is 24.4 Å². The van der Waals surface area contributed by atoms with Crippen LogP contribution in [0.15, 0.2) is 22.1 Å². The van der Waals surface area contributed by atoms with Gasteiger partial charge in [-0.25, -0.2) is 13.6 Å². The van der Waals surface area contributed by atoms with Gasteiger partial charge in [0.1, 0.15) is 16.4 Å². The van der Waals surface area contributed by atoms with Crippen LogP contribution in [0.4, 0.5) is 0 Å². The molecule has 1 atom stereocenters. The Labute approximate surface area is 171 Å². The van der Waals surface area contributed by atoms with Gasteiger partial charge < -0.3 is 9.64 Å². The molecule has 0 bridgehead atoms. The number of nitrogens with zero attached hydrogens (tertiary/aromatic N) is 3. The first-order chi connectivity index (χ1) is 12.6. The number of sulfonamides is 1. The molecule has 2 aliphatic rings. The molecule has 148 valence electrons. The molecule has 1 unspecified atom stereocenters. The van der Waals surface area contributed by atoms with Crippen molar-refractivity contribution in [3.05, 3.63) is 27.7 Å². The number of thioether (sulfide) groups is 1. The summed E-state index contributed by atoms with van der Waals surface area (Å²) < 4.78 is 29.4. The minimum atomic E-state index is -4.09. The second-order valence-electron chi connectivity index (χ2n) is 6.19. The number of morpholine rings is 1. The zero-order valence-corrected chi connectivity index (χ0v) is 17.5. The standard InChI is InChI=1S/C15H18Cl2N4O4S2/c1-15(11-6-10(16)7-12(17)14(11)27(18,23)24)21(19-9-26-15)3-2-20-4-5-25-8-13(20)22/h6-7,9H,2-5,8H2,1H3,(H2,18,23,24). The summed E-state index contributed by atoms with van der Waals surface area (Å²) in [7, 11) is -4.09. The summed E-state index contributed by atoms with van der Waals surface area (Å²) in [6.45, 7) is 3.68. The third-order valence-electron chi connectivity index (χ3n) is 4.42. The molecule has 1 fully saturated rings. The lowest BCUT2D eigenvalue weighted by molar-refractivity contribution is -0.142. The van der Waals surface area contributed by atoms with E-state index >= 15 is 0 Å². The lowest BCUT2D eigenvalue weighted by Crippen LogP contribution is -2.46. The minimum Gasteiger partial charge on any atom is -0.370 e. The average molecular weight is 453 g/mol. The molecule has 0 radical (unpaired) electrons. The Morgan fingerprint density at radius 2 is 2.11 bits per heavy atom. The highest BCUT2D eigenvalue weighted by molar-refractivity contribution is 8.13. The van der Waals surface area contributed by atoms with Crippen molar-refractivity contribution in [3.8, 4) is 0 Å². The van der Waals surface area contributed by atoms with Crippen molar-refractivity contribution in [3.63, 3.8) is 0 Å². The molecule has 2 aliphatic heterocycles. The predicted octanol–water partition coefficient (Wildman–Crippen LogP) is 1.66. The van der Waals surface area contributed by atoms with Crippen LogP contribution in [0.25, 0.3) is 0 Å². The van der Waals surface area contributed by atoms with Gasteiger partial charge >= 0.3 is 0 Å². The van der Waals surface area contributed by atoms with Crippen molar-refractivity contribution in [2.24, 2.45) is 10.2 Å². The number of benzene rings is 1. The van der Waals surface area contributed by atoms with Gasteiger partial charge in [-0.2, -0.15) is 5.10 Å². The molecule has 12 heteroatoms. The van der Waals surface area contributed by atoms with Crippen LogP contribution < -0.4 is 5.14 Å². The van der Waals surface area contributed by atoms with Crippen molar-refractivity contribution < 1.29 is 17.9 Å². The summed E-state index contributed by atoms with van der Waals surface area (Å²) in [6, 6.07) is 2.87. The molecule has 1 aromatic rings. The van der Waals surface area contributed by atoms with Gasteiger partial charge in [-0.05, 0) is 19.1 Å². The molecule has 8 nitrogen and oxygen atoms in total. The van der Waals surface area contributed by atoms with Gasteiger partial charge in [0.05, 0.1) is 23.7 Å². The Bertz CT molecular complexity index is 896. The molecule has 0 aromatic heterocycles. The van der Waals surface area contributed by atoms with Crippen LogP contribution in [0.3, 0.4) is 0 Å². The number of hydrogen-bond donors (Lipinski definition) is 1. The number of carbonyl (C=O) groups is 1.